The monoisotopic (exact) mass is 263 g/mol. The highest BCUT2D eigenvalue weighted by molar-refractivity contribution is 5.83. The Hall–Kier alpha value is -1.93. The van der Waals surface area contributed by atoms with Crippen molar-refractivity contribution in [2.24, 2.45) is 0 Å². The molecule has 0 radical (unpaired) electrons. The van der Waals surface area contributed by atoms with E-state index in [0.29, 0.717) is 22.9 Å². The zero-order valence-corrected chi connectivity index (χ0v) is 10.6. The first-order chi connectivity index (χ1) is 9.25. The zero-order valence-electron chi connectivity index (χ0n) is 10.6. The second kappa shape index (κ2) is 4.98. The van der Waals surface area contributed by atoms with Crippen molar-refractivity contribution in [2.45, 2.75) is 6.54 Å². The molecule has 2 aromatic rings. The largest absolute Gasteiger partial charge is 0.382 e. The maximum absolute atomic E-state index is 5.92. The minimum Gasteiger partial charge on any atom is -0.382 e. The number of hydrogen-bond acceptors (Lipinski definition) is 7. The van der Waals surface area contributed by atoms with Crippen molar-refractivity contribution in [3.05, 3.63) is 6.33 Å². The minimum absolute atomic E-state index is 0.363. The third kappa shape index (κ3) is 2.32. The van der Waals surface area contributed by atoms with Crippen molar-refractivity contribution in [3.8, 4) is 0 Å². The average molecular weight is 263 g/mol. The van der Waals surface area contributed by atoms with E-state index in [2.05, 4.69) is 19.9 Å². The lowest BCUT2D eigenvalue weighted by Gasteiger charge is -2.26. The lowest BCUT2D eigenvalue weighted by molar-refractivity contribution is 0.0366. The van der Waals surface area contributed by atoms with Gasteiger partial charge in [0, 0.05) is 26.2 Å². The smallest absolute Gasteiger partial charge is 0.202 e. The van der Waals surface area contributed by atoms with E-state index in [1.165, 1.54) is 6.33 Å². The van der Waals surface area contributed by atoms with E-state index in [1.807, 2.05) is 4.57 Å². The molecule has 0 saturated carbocycles. The van der Waals surface area contributed by atoms with Gasteiger partial charge in [-0.3, -0.25) is 9.47 Å². The predicted molar refractivity (Wildman–Crippen MR) is 71.4 cm³/mol. The molecule has 1 saturated heterocycles. The summed E-state index contributed by atoms with van der Waals surface area (Å²) in [5.74, 6) is 0.789. The molecule has 0 atom stereocenters. The third-order valence-electron chi connectivity index (χ3n) is 3.33. The van der Waals surface area contributed by atoms with Crippen LogP contribution in [-0.4, -0.2) is 57.3 Å². The average Bonchev–Trinajstić information content (AvgIpc) is 2.75. The van der Waals surface area contributed by atoms with E-state index in [4.69, 9.17) is 16.2 Å². The fraction of sp³-hybridized carbons (Fsp3) is 0.545. The molecule has 8 heteroatoms. The molecule has 1 fully saturated rings. The summed E-state index contributed by atoms with van der Waals surface area (Å²) in [7, 11) is 0. The van der Waals surface area contributed by atoms with Crippen molar-refractivity contribution in [2.75, 3.05) is 44.3 Å². The van der Waals surface area contributed by atoms with E-state index in [-0.39, 0.29) is 0 Å². The van der Waals surface area contributed by atoms with Crippen LogP contribution in [0.1, 0.15) is 0 Å². The standard InChI is InChI=1S/C11H17N7O/c12-9-8-10(15-7-14-9)18(11(13)16-8)2-1-17-3-5-19-6-4-17/h7H,1-6H2,(H2,13,16)(H2,12,14,15). The van der Waals surface area contributed by atoms with E-state index in [9.17, 15) is 0 Å². The Bertz CT molecular complexity index is 576. The highest BCUT2D eigenvalue weighted by Gasteiger charge is 2.15. The number of morpholine rings is 1. The van der Waals surface area contributed by atoms with Crippen molar-refractivity contribution in [1.29, 1.82) is 0 Å². The van der Waals surface area contributed by atoms with Crippen LogP contribution in [0.3, 0.4) is 0 Å². The molecular weight excluding hydrogens is 246 g/mol. The summed E-state index contributed by atoms with van der Waals surface area (Å²) < 4.78 is 7.20. The number of nitrogens with zero attached hydrogens (tertiary/aromatic N) is 5. The predicted octanol–water partition coefficient (Wildman–Crippen LogP) is -0.677. The minimum atomic E-state index is 0.363. The van der Waals surface area contributed by atoms with E-state index < -0.39 is 0 Å². The van der Waals surface area contributed by atoms with Crippen LogP contribution in [-0.2, 0) is 11.3 Å². The summed E-state index contributed by atoms with van der Waals surface area (Å²) in [4.78, 5) is 14.7. The van der Waals surface area contributed by atoms with Crippen molar-refractivity contribution in [3.63, 3.8) is 0 Å². The quantitative estimate of drug-likeness (QED) is 0.755. The Morgan fingerprint density at radius 2 is 1.95 bits per heavy atom. The number of nitrogen functional groups attached to an aromatic ring is 2. The zero-order chi connectivity index (χ0) is 13.2. The van der Waals surface area contributed by atoms with Gasteiger partial charge in [-0.1, -0.05) is 0 Å². The van der Waals surface area contributed by atoms with Crippen LogP contribution < -0.4 is 11.5 Å². The molecule has 1 aliphatic heterocycles. The topological polar surface area (TPSA) is 108 Å². The lowest BCUT2D eigenvalue weighted by Crippen LogP contribution is -2.38. The van der Waals surface area contributed by atoms with Crippen LogP contribution in [0.4, 0.5) is 11.8 Å². The molecule has 0 spiro atoms. The van der Waals surface area contributed by atoms with Gasteiger partial charge in [-0.25, -0.2) is 15.0 Å². The number of nitrogens with two attached hydrogens (primary N) is 2. The SMILES string of the molecule is Nc1ncnc2c1nc(N)n2CCN1CCOCC1. The molecule has 4 N–H and O–H groups in total. The number of hydrogen-bond donors (Lipinski definition) is 2. The first kappa shape index (κ1) is 12.1. The molecule has 102 valence electrons. The Kier molecular flexibility index (Phi) is 3.18. The van der Waals surface area contributed by atoms with Crippen LogP contribution >= 0.6 is 0 Å². The van der Waals surface area contributed by atoms with Gasteiger partial charge in [0.05, 0.1) is 13.2 Å². The summed E-state index contributed by atoms with van der Waals surface area (Å²) in [5.41, 5.74) is 13.0. The molecule has 0 aromatic carbocycles. The van der Waals surface area contributed by atoms with Crippen LogP contribution in [0.2, 0.25) is 0 Å². The van der Waals surface area contributed by atoms with E-state index in [1.54, 1.807) is 0 Å². The van der Waals surface area contributed by atoms with Gasteiger partial charge in [0.15, 0.2) is 17.0 Å². The van der Waals surface area contributed by atoms with Crippen molar-refractivity contribution >= 4 is 22.9 Å². The second-order valence-corrected chi connectivity index (χ2v) is 4.51. The van der Waals surface area contributed by atoms with Crippen molar-refractivity contribution < 1.29 is 4.74 Å². The third-order valence-corrected chi connectivity index (χ3v) is 3.33. The fourth-order valence-corrected chi connectivity index (χ4v) is 2.26. The van der Waals surface area contributed by atoms with E-state index >= 15 is 0 Å². The van der Waals surface area contributed by atoms with E-state index in [0.717, 1.165) is 39.4 Å². The Balaban J connectivity index is 1.80. The normalized spacial score (nSPS) is 17.1. The summed E-state index contributed by atoms with van der Waals surface area (Å²) in [6, 6.07) is 0. The molecule has 0 bridgehead atoms. The summed E-state index contributed by atoms with van der Waals surface area (Å²) >= 11 is 0. The van der Waals surface area contributed by atoms with Gasteiger partial charge >= 0.3 is 0 Å². The van der Waals surface area contributed by atoms with Gasteiger partial charge < -0.3 is 16.2 Å². The fourth-order valence-electron chi connectivity index (χ4n) is 2.26. The molecule has 0 aliphatic carbocycles. The number of imidazole rings is 1. The van der Waals surface area contributed by atoms with Gasteiger partial charge in [-0.05, 0) is 0 Å². The van der Waals surface area contributed by atoms with Gasteiger partial charge in [0.2, 0.25) is 5.95 Å². The number of rotatable bonds is 3. The first-order valence-electron chi connectivity index (χ1n) is 6.28. The Labute approximate surface area is 110 Å². The van der Waals surface area contributed by atoms with Crippen LogP contribution in [0.5, 0.6) is 0 Å². The molecule has 0 amide bonds. The highest BCUT2D eigenvalue weighted by atomic mass is 16.5. The summed E-state index contributed by atoms with van der Waals surface area (Å²) in [6.45, 7) is 5.10. The summed E-state index contributed by atoms with van der Waals surface area (Å²) in [6.07, 6.45) is 1.43. The highest BCUT2D eigenvalue weighted by Crippen LogP contribution is 2.18. The molecule has 3 heterocycles. The molecule has 2 aromatic heterocycles. The number of anilines is 2. The van der Waals surface area contributed by atoms with Gasteiger partial charge in [0.25, 0.3) is 0 Å². The molecule has 3 rings (SSSR count). The van der Waals surface area contributed by atoms with Gasteiger partial charge in [-0.2, -0.15) is 0 Å². The Morgan fingerprint density at radius 3 is 2.74 bits per heavy atom. The molecule has 19 heavy (non-hydrogen) atoms. The summed E-state index contributed by atoms with van der Waals surface area (Å²) in [5, 5.41) is 0. The lowest BCUT2D eigenvalue weighted by atomic mass is 10.4. The van der Waals surface area contributed by atoms with Gasteiger partial charge in [0.1, 0.15) is 6.33 Å². The van der Waals surface area contributed by atoms with Gasteiger partial charge in [-0.15, -0.1) is 0 Å². The number of fused-ring (bicyclic) bond motifs is 1. The molecule has 1 aliphatic rings. The molecular formula is C11H17N7O. The molecule has 8 nitrogen and oxygen atoms in total. The molecule has 0 unspecified atom stereocenters. The number of aromatic nitrogens is 4. The van der Waals surface area contributed by atoms with Crippen LogP contribution in [0.25, 0.3) is 11.2 Å². The first-order valence-corrected chi connectivity index (χ1v) is 6.28. The van der Waals surface area contributed by atoms with Crippen LogP contribution in [0, 0.1) is 0 Å². The maximum atomic E-state index is 5.92. The second-order valence-electron chi connectivity index (χ2n) is 4.51. The van der Waals surface area contributed by atoms with Crippen molar-refractivity contribution in [1.82, 2.24) is 24.4 Å². The number of ether oxygens (including phenoxy) is 1. The maximum Gasteiger partial charge on any atom is 0.202 e. The van der Waals surface area contributed by atoms with Crippen LogP contribution in [0.15, 0.2) is 6.33 Å². The Morgan fingerprint density at radius 1 is 1.16 bits per heavy atom.